The summed E-state index contributed by atoms with van der Waals surface area (Å²) in [5, 5.41) is 0. The molecule has 0 rings (SSSR count). The summed E-state index contributed by atoms with van der Waals surface area (Å²) in [6.45, 7) is 2.05. The average Bonchev–Trinajstić information content (AvgIpc) is 2.11. The van der Waals surface area contributed by atoms with E-state index in [4.69, 9.17) is 0 Å². The van der Waals surface area contributed by atoms with Crippen LogP contribution in [0.4, 0.5) is 17.6 Å². The van der Waals surface area contributed by atoms with Crippen LogP contribution in [-0.4, -0.2) is 31.9 Å². The summed E-state index contributed by atoms with van der Waals surface area (Å²) in [4.78, 5) is 0. The molecule has 0 aromatic rings. The molecule has 0 bridgehead atoms. The molecule has 0 aromatic heterocycles. The van der Waals surface area contributed by atoms with Gasteiger partial charge >= 0.3 is 0 Å². The molecule has 0 aliphatic carbocycles. The summed E-state index contributed by atoms with van der Waals surface area (Å²) in [5.41, 5.74) is 0. The SMILES string of the molecule is CC(CC[SiH2]CC(F)F)C[SiH2]CC(F)F. The van der Waals surface area contributed by atoms with E-state index >= 15 is 0 Å². The monoisotopic (exact) mass is 260 g/mol. The number of halogens is 4. The van der Waals surface area contributed by atoms with Crippen molar-refractivity contribution < 1.29 is 17.6 Å². The van der Waals surface area contributed by atoms with Crippen LogP contribution in [0.1, 0.15) is 13.3 Å². The van der Waals surface area contributed by atoms with Crippen molar-refractivity contribution in [2.45, 2.75) is 50.4 Å². The molecule has 0 N–H and O–H groups in total. The van der Waals surface area contributed by atoms with Crippen LogP contribution in [0.3, 0.4) is 0 Å². The molecule has 0 aliphatic heterocycles. The van der Waals surface area contributed by atoms with Crippen molar-refractivity contribution in [2.75, 3.05) is 0 Å². The molecule has 0 aliphatic rings. The summed E-state index contributed by atoms with van der Waals surface area (Å²) < 4.78 is 47.3. The van der Waals surface area contributed by atoms with E-state index in [1.165, 1.54) is 0 Å². The maximum Gasteiger partial charge on any atom is 0.235 e. The van der Waals surface area contributed by atoms with Crippen molar-refractivity contribution in [1.82, 2.24) is 0 Å². The molecule has 0 spiro atoms. The highest BCUT2D eigenvalue weighted by Crippen LogP contribution is 2.14. The lowest BCUT2D eigenvalue weighted by atomic mass is 10.2. The molecule has 0 radical (unpaired) electrons. The summed E-state index contributed by atoms with van der Waals surface area (Å²) in [5.74, 6) is 0.473. The van der Waals surface area contributed by atoms with Gasteiger partial charge in [-0.25, -0.2) is 17.6 Å². The lowest BCUT2D eigenvalue weighted by molar-refractivity contribution is 0.170. The van der Waals surface area contributed by atoms with Gasteiger partial charge in [0, 0.05) is 19.0 Å². The Morgan fingerprint density at radius 3 is 1.93 bits per heavy atom. The van der Waals surface area contributed by atoms with Gasteiger partial charge in [-0.2, -0.15) is 0 Å². The second-order valence-corrected chi connectivity index (χ2v) is 7.96. The van der Waals surface area contributed by atoms with E-state index in [0.717, 1.165) is 18.5 Å². The fourth-order valence-electron chi connectivity index (χ4n) is 1.56. The quantitative estimate of drug-likeness (QED) is 0.339. The molecule has 0 fully saturated rings. The minimum Gasteiger partial charge on any atom is -0.211 e. The van der Waals surface area contributed by atoms with Crippen LogP contribution in [0.25, 0.3) is 0 Å². The predicted octanol–water partition coefficient (Wildman–Crippen LogP) is 2.55. The van der Waals surface area contributed by atoms with Gasteiger partial charge in [0.15, 0.2) is 0 Å². The van der Waals surface area contributed by atoms with E-state index in [1.807, 2.05) is 0 Å². The number of alkyl halides is 4. The van der Waals surface area contributed by atoms with Crippen LogP contribution in [0.15, 0.2) is 0 Å². The Morgan fingerprint density at radius 2 is 1.40 bits per heavy atom. The van der Waals surface area contributed by atoms with Crippen molar-refractivity contribution in [3.05, 3.63) is 0 Å². The van der Waals surface area contributed by atoms with Crippen LogP contribution in [0, 0.1) is 5.92 Å². The zero-order valence-corrected chi connectivity index (χ0v) is 12.0. The molecule has 0 saturated heterocycles. The highest BCUT2D eigenvalue weighted by atomic mass is 28.2. The molecular formula is C9H20F4Si2. The normalized spacial score (nSPS) is 15.4. The minimum atomic E-state index is -2.14. The molecule has 0 saturated carbocycles. The Balaban J connectivity index is 3.22. The molecule has 0 aromatic carbocycles. The van der Waals surface area contributed by atoms with Gasteiger partial charge in [0.05, 0.1) is 0 Å². The Hall–Kier alpha value is 0.154. The van der Waals surface area contributed by atoms with Crippen LogP contribution >= 0.6 is 0 Å². The first kappa shape index (κ1) is 15.2. The van der Waals surface area contributed by atoms with Gasteiger partial charge in [-0.3, -0.25) is 0 Å². The van der Waals surface area contributed by atoms with Crippen molar-refractivity contribution in [3.8, 4) is 0 Å². The summed E-state index contributed by atoms with van der Waals surface area (Å²) in [6, 6.07) is 2.10. The van der Waals surface area contributed by atoms with E-state index in [2.05, 4.69) is 6.92 Å². The topological polar surface area (TPSA) is 0 Å². The molecule has 1 unspecified atom stereocenters. The fraction of sp³-hybridized carbons (Fsp3) is 1.00. The zero-order chi connectivity index (χ0) is 11.7. The number of hydrogen-bond donors (Lipinski definition) is 0. The third-order valence-electron chi connectivity index (χ3n) is 2.49. The Kier molecular flexibility index (Phi) is 9.48. The van der Waals surface area contributed by atoms with Crippen molar-refractivity contribution >= 4 is 19.0 Å². The first-order chi connectivity index (χ1) is 7.02. The molecule has 1 atom stereocenters. The van der Waals surface area contributed by atoms with Crippen molar-refractivity contribution in [1.29, 1.82) is 0 Å². The van der Waals surface area contributed by atoms with Gasteiger partial charge in [-0.15, -0.1) is 0 Å². The van der Waals surface area contributed by atoms with E-state index in [0.29, 0.717) is 5.92 Å². The number of rotatable bonds is 9. The lowest BCUT2D eigenvalue weighted by Crippen LogP contribution is -2.05. The molecule has 92 valence electrons. The number of hydrogen-bond acceptors (Lipinski definition) is 0. The van der Waals surface area contributed by atoms with Crippen LogP contribution in [0.2, 0.25) is 24.2 Å². The van der Waals surface area contributed by atoms with Gasteiger partial charge < -0.3 is 0 Å². The fourth-order valence-corrected chi connectivity index (χ4v) is 4.67. The van der Waals surface area contributed by atoms with Crippen molar-refractivity contribution in [2.24, 2.45) is 5.92 Å². The van der Waals surface area contributed by atoms with Gasteiger partial charge in [0.1, 0.15) is 0 Å². The first-order valence-corrected chi connectivity index (χ1v) is 9.58. The Bertz CT molecular complexity index is 144. The molecule has 6 heteroatoms. The Labute approximate surface area is 93.5 Å². The lowest BCUT2D eigenvalue weighted by Gasteiger charge is -2.09. The zero-order valence-electron chi connectivity index (χ0n) is 9.19. The third-order valence-corrected chi connectivity index (χ3v) is 6.48. The van der Waals surface area contributed by atoms with Crippen LogP contribution < -0.4 is 0 Å². The first-order valence-electron chi connectivity index (χ1n) is 5.58. The largest absolute Gasteiger partial charge is 0.235 e. The summed E-state index contributed by atoms with van der Waals surface area (Å²) >= 11 is 0. The van der Waals surface area contributed by atoms with Gasteiger partial charge in [0.25, 0.3) is 0 Å². The van der Waals surface area contributed by atoms with Gasteiger partial charge in [-0.05, 0) is 18.0 Å². The highest BCUT2D eigenvalue weighted by molar-refractivity contribution is 6.36. The van der Waals surface area contributed by atoms with Crippen LogP contribution in [0.5, 0.6) is 0 Å². The van der Waals surface area contributed by atoms with E-state index in [9.17, 15) is 17.6 Å². The average molecular weight is 260 g/mol. The minimum absolute atomic E-state index is 0.110. The summed E-state index contributed by atoms with van der Waals surface area (Å²) in [6.07, 6.45) is -3.31. The second kappa shape index (κ2) is 9.38. The van der Waals surface area contributed by atoms with Crippen LogP contribution in [-0.2, 0) is 0 Å². The van der Waals surface area contributed by atoms with E-state index < -0.39 is 31.9 Å². The highest BCUT2D eigenvalue weighted by Gasteiger charge is 2.07. The predicted molar refractivity (Wildman–Crippen MR) is 62.1 cm³/mol. The maximum atomic E-state index is 11.8. The smallest absolute Gasteiger partial charge is 0.211 e. The van der Waals surface area contributed by atoms with E-state index in [1.54, 1.807) is 0 Å². The molecule has 0 nitrogen and oxygen atoms in total. The summed E-state index contributed by atoms with van der Waals surface area (Å²) in [7, 11) is -1.22. The molecule has 15 heavy (non-hydrogen) atoms. The molecule has 0 amide bonds. The van der Waals surface area contributed by atoms with Gasteiger partial charge in [-0.1, -0.05) is 25.4 Å². The standard InChI is InChI=1S/C9H20F4Si2/c1-7(4-15-6-9(12)13)2-3-14-5-8(10)11/h7-9H,2-6,14-15H2,1H3. The Morgan fingerprint density at radius 1 is 0.867 bits per heavy atom. The second-order valence-electron chi connectivity index (χ2n) is 4.10. The molecule has 0 heterocycles. The van der Waals surface area contributed by atoms with Gasteiger partial charge in [0.2, 0.25) is 12.9 Å². The maximum absolute atomic E-state index is 11.8. The van der Waals surface area contributed by atoms with E-state index in [-0.39, 0.29) is 12.1 Å². The third kappa shape index (κ3) is 12.1. The van der Waals surface area contributed by atoms with Crippen molar-refractivity contribution in [3.63, 3.8) is 0 Å². The molecular weight excluding hydrogens is 240 g/mol.